The molecular formula is C42H36F3N5O6. The topological polar surface area (TPSA) is 132 Å². The smallest absolute Gasteiger partial charge is 0.508 e. The Bertz CT molecular complexity index is 2310. The number of halogens is 3. The van der Waals surface area contributed by atoms with Gasteiger partial charge in [0, 0.05) is 31.3 Å². The molecule has 2 saturated heterocycles. The van der Waals surface area contributed by atoms with Crippen LogP contribution in [0.4, 0.5) is 41.6 Å². The van der Waals surface area contributed by atoms with Crippen molar-refractivity contribution >= 4 is 52.1 Å². The highest BCUT2D eigenvalue weighted by Gasteiger charge is 2.68. The van der Waals surface area contributed by atoms with E-state index in [9.17, 15) is 37.5 Å². The number of rotatable bonds is 7. The van der Waals surface area contributed by atoms with Crippen LogP contribution in [0.3, 0.4) is 0 Å². The van der Waals surface area contributed by atoms with Crippen LogP contribution >= 0.6 is 0 Å². The van der Waals surface area contributed by atoms with Gasteiger partial charge in [-0.15, -0.1) is 13.2 Å². The largest absolute Gasteiger partial charge is 0.573 e. The van der Waals surface area contributed by atoms with E-state index in [1.54, 1.807) is 67.6 Å². The van der Waals surface area contributed by atoms with Gasteiger partial charge in [0.1, 0.15) is 11.5 Å². The predicted molar refractivity (Wildman–Crippen MR) is 200 cm³/mol. The number of nitrogens with zero attached hydrogens (tertiary/aromatic N) is 5. The summed E-state index contributed by atoms with van der Waals surface area (Å²) in [5, 5.41) is 19.8. The second-order valence-corrected chi connectivity index (χ2v) is 14.9. The van der Waals surface area contributed by atoms with Crippen LogP contribution in [-0.2, 0) is 19.2 Å². The van der Waals surface area contributed by atoms with E-state index < -0.39 is 76.5 Å². The number of fused-ring (bicyclic) bond motifs is 4. The molecule has 0 bridgehead atoms. The van der Waals surface area contributed by atoms with Crippen LogP contribution in [0.15, 0.2) is 119 Å². The number of ether oxygens (including phenoxy) is 1. The van der Waals surface area contributed by atoms with Crippen molar-refractivity contribution in [1.29, 1.82) is 0 Å². The fourth-order valence-electron chi connectivity index (χ4n) is 9.00. The maximum atomic E-state index is 14.6. The molecule has 4 aliphatic rings. The van der Waals surface area contributed by atoms with E-state index in [2.05, 4.69) is 15.0 Å². The fourth-order valence-corrected chi connectivity index (χ4v) is 9.00. The molecule has 56 heavy (non-hydrogen) atoms. The molecular weight excluding hydrogens is 727 g/mol. The third-order valence-electron chi connectivity index (χ3n) is 11.6. The van der Waals surface area contributed by atoms with Gasteiger partial charge in [-0.05, 0) is 105 Å². The Morgan fingerprint density at radius 2 is 1.41 bits per heavy atom. The summed E-state index contributed by atoms with van der Waals surface area (Å²) in [5.41, 5.74) is 1.63. The van der Waals surface area contributed by atoms with Gasteiger partial charge >= 0.3 is 6.36 Å². The summed E-state index contributed by atoms with van der Waals surface area (Å²) in [6, 6.07) is 25.3. The number of imide groups is 2. The number of allylic oxidation sites excluding steroid dienone is 2. The number of phenolic OH excluding ortho intramolecular Hbond substituents is 1. The van der Waals surface area contributed by atoms with Crippen LogP contribution in [0.5, 0.6) is 11.5 Å². The molecule has 286 valence electrons. The van der Waals surface area contributed by atoms with Gasteiger partial charge in [0.25, 0.3) is 0 Å². The summed E-state index contributed by atoms with van der Waals surface area (Å²) in [7, 11) is 3.87. The Balaban J connectivity index is 1.15. The number of alkyl halides is 3. The van der Waals surface area contributed by atoms with E-state index in [4.69, 9.17) is 0 Å². The van der Waals surface area contributed by atoms with E-state index in [0.29, 0.717) is 28.3 Å². The Kier molecular flexibility index (Phi) is 8.81. The normalized spacial score (nSPS) is 26.0. The van der Waals surface area contributed by atoms with Crippen molar-refractivity contribution in [2.24, 2.45) is 39.3 Å². The highest BCUT2D eigenvalue weighted by atomic mass is 19.4. The van der Waals surface area contributed by atoms with Crippen molar-refractivity contribution in [1.82, 2.24) is 0 Å². The van der Waals surface area contributed by atoms with Crippen molar-refractivity contribution in [2.75, 3.05) is 28.8 Å². The van der Waals surface area contributed by atoms with Gasteiger partial charge < -0.3 is 14.7 Å². The highest BCUT2D eigenvalue weighted by molar-refractivity contribution is 6.25. The summed E-state index contributed by atoms with van der Waals surface area (Å²) in [6.45, 7) is 1.58. The van der Waals surface area contributed by atoms with Crippen LogP contribution in [-0.4, -0.2) is 49.2 Å². The quantitative estimate of drug-likeness (QED) is 0.114. The van der Waals surface area contributed by atoms with Crippen LogP contribution < -0.4 is 19.4 Å². The molecule has 1 N–H and O–H groups in total. The Labute approximate surface area is 319 Å². The molecule has 0 aromatic heterocycles. The third kappa shape index (κ3) is 5.99. The molecule has 2 aliphatic heterocycles. The zero-order valence-corrected chi connectivity index (χ0v) is 30.5. The average molecular weight is 764 g/mol. The lowest BCUT2D eigenvalue weighted by Crippen LogP contribution is -2.49. The van der Waals surface area contributed by atoms with Crippen LogP contribution in [0.1, 0.15) is 31.2 Å². The van der Waals surface area contributed by atoms with Crippen molar-refractivity contribution in [3.8, 4) is 11.5 Å². The number of azo groups is 1. The summed E-state index contributed by atoms with van der Waals surface area (Å²) in [6.07, 6.45) is -3.18. The fraction of sp³-hybridized carbons (Fsp3) is 0.286. The van der Waals surface area contributed by atoms with Crippen LogP contribution in [0.2, 0.25) is 0 Å². The number of para-hydroxylation sites is 1. The van der Waals surface area contributed by atoms with Gasteiger partial charge in [-0.3, -0.25) is 24.1 Å². The number of hydrogen-bond acceptors (Lipinski definition) is 9. The first-order valence-electron chi connectivity index (χ1n) is 18.1. The lowest BCUT2D eigenvalue weighted by atomic mass is 9.51. The number of anilines is 3. The summed E-state index contributed by atoms with van der Waals surface area (Å²) in [5.74, 6) is -7.78. The molecule has 2 aliphatic carbocycles. The first kappa shape index (κ1) is 36.7. The van der Waals surface area contributed by atoms with Crippen molar-refractivity contribution < 1.29 is 42.2 Å². The molecule has 4 amide bonds. The highest BCUT2D eigenvalue weighted by Crippen LogP contribution is 2.64. The number of phenols is 1. The van der Waals surface area contributed by atoms with E-state index >= 15 is 0 Å². The SMILES string of the molecule is CN(C)c1ccc(N=Nc2ccc(N3C(=O)[C@H]4[C@H](CC=C5[C@H]4C[C@H]4C(=O)N(c6ccccc6)C(=O)[C@@]4(C)[C@H]5c4cc(OC(F)(F)F)ccc4O)C3=O)cc2)cc1. The van der Waals surface area contributed by atoms with Crippen molar-refractivity contribution in [2.45, 2.75) is 32.0 Å². The molecule has 8 rings (SSSR count). The molecule has 14 heteroatoms. The van der Waals surface area contributed by atoms with Gasteiger partial charge in [-0.2, -0.15) is 10.2 Å². The average Bonchev–Trinajstić information content (AvgIpc) is 3.54. The predicted octanol–water partition coefficient (Wildman–Crippen LogP) is 8.21. The minimum atomic E-state index is -5.05. The summed E-state index contributed by atoms with van der Waals surface area (Å²) >= 11 is 0. The van der Waals surface area contributed by atoms with Crippen molar-refractivity contribution in [3.63, 3.8) is 0 Å². The first-order chi connectivity index (χ1) is 26.7. The van der Waals surface area contributed by atoms with E-state index in [0.717, 1.165) is 33.7 Å². The third-order valence-corrected chi connectivity index (χ3v) is 11.6. The number of carbonyl (C=O) groups excluding carboxylic acids is 4. The molecule has 0 radical (unpaired) electrons. The lowest BCUT2D eigenvalue weighted by molar-refractivity contribution is -0.274. The van der Waals surface area contributed by atoms with Crippen LogP contribution in [0.25, 0.3) is 0 Å². The minimum absolute atomic E-state index is 0.0229. The molecule has 4 aromatic rings. The Morgan fingerprint density at radius 3 is 2.04 bits per heavy atom. The number of hydrogen-bond donors (Lipinski definition) is 1. The maximum absolute atomic E-state index is 14.6. The molecule has 1 saturated carbocycles. The first-order valence-corrected chi connectivity index (χ1v) is 18.1. The van der Waals surface area contributed by atoms with Crippen LogP contribution in [0, 0.1) is 29.1 Å². The van der Waals surface area contributed by atoms with Gasteiger partial charge in [0.05, 0.1) is 45.9 Å². The molecule has 3 fully saturated rings. The van der Waals surface area contributed by atoms with Gasteiger partial charge in [-0.25, -0.2) is 4.90 Å². The monoisotopic (exact) mass is 763 g/mol. The van der Waals surface area contributed by atoms with E-state index in [-0.39, 0.29) is 18.4 Å². The standard InChI is InChI=1S/C42H36F3N5O6/c1-41-33(38(53)50(40(41)55)26-7-5-4-6-8-26)22-31-29(36(41)32-21-28(17-20-34(32)51)56-42(43,44)45)18-19-30-35(31)39(54)49(37(30)52)27-15-11-24(12-16-27)47-46-23-9-13-25(14-10-23)48(2)3/h4-18,20-21,30-31,33,35-36,51H,19,22H2,1-3H3/t30-,31+,33-,35-,36+,41+/m0/s1. The second kappa shape index (κ2) is 13.5. The lowest BCUT2D eigenvalue weighted by Gasteiger charge is -2.49. The van der Waals surface area contributed by atoms with Gasteiger partial charge in [0.2, 0.25) is 23.6 Å². The molecule has 4 aromatic carbocycles. The second-order valence-electron chi connectivity index (χ2n) is 14.9. The number of aromatic hydroxyl groups is 1. The molecule has 2 heterocycles. The summed E-state index contributed by atoms with van der Waals surface area (Å²) < 4.78 is 44.4. The van der Waals surface area contributed by atoms with E-state index in [1.807, 2.05) is 43.3 Å². The van der Waals surface area contributed by atoms with Gasteiger partial charge in [0.15, 0.2) is 0 Å². The molecule has 11 nitrogen and oxygen atoms in total. The molecule has 0 unspecified atom stereocenters. The van der Waals surface area contributed by atoms with E-state index in [1.165, 1.54) is 0 Å². The zero-order chi connectivity index (χ0) is 39.7. The summed E-state index contributed by atoms with van der Waals surface area (Å²) in [4.78, 5) is 61.6. The Morgan fingerprint density at radius 1 is 0.786 bits per heavy atom. The van der Waals surface area contributed by atoms with Crippen molar-refractivity contribution in [3.05, 3.63) is 114 Å². The molecule has 6 atom stereocenters. The number of carbonyl (C=O) groups is 4. The number of amides is 4. The Hall–Kier alpha value is -6.31. The zero-order valence-electron chi connectivity index (χ0n) is 30.5. The number of benzene rings is 4. The maximum Gasteiger partial charge on any atom is 0.573 e. The van der Waals surface area contributed by atoms with Gasteiger partial charge in [-0.1, -0.05) is 29.8 Å². The molecule has 0 spiro atoms. The minimum Gasteiger partial charge on any atom is -0.508 e.